The van der Waals surface area contributed by atoms with E-state index < -0.39 is 0 Å². The van der Waals surface area contributed by atoms with Gasteiger partial charge in [-0.25, -0.2) is 0 Å². The second-order valence-corrected chi connectivity index (χ2v) is 3.88. The Morgan fingerprint density at radius 3 is 2.45 bits per heavy atom. The van der Waals surface area contributed by atoms with Crippen molar-refractivity contribution in [1.82, 2.24) is 5.32 Å². The maximum atomic E-state index is 11.3. The van der Waals surface area contributed by atoms with Gasteiger partial charge < -0.3 is 10.1 Å². The molecule has 1 saturated carbocycles. The molecule has 62 valence electrons. The van der Waals surface area contributed by atoms with Gasteiger partial charge in [0.25, 0.3) is 0 Å². The van der Waals surface area contributed by atoms with Gasteiger partial charge >= 0.3 is 5.97 Å². The summed E-state index contributed by atoms with van der Waals surface area (Å²) in [4.78, 5) is 11.3. The van der Waals surface area contributed by atoms with Gasteiger partial charge in [-0.2, -0.15) is 0 Å². The average Bonchev–Trinajstić information content (AvgIpc) is 2.56. The summed E-state index contributed by atoms with van der Waals surface area (Å²) in [6, 6.07) is 0. The van der Waals surface area contributed by atoms with Crippen molar-refractivity contribution in [3.8, 4) is 0 Å². The third-order valence-corrected chi connectivity index (χ3v) is 3.30. The highest BCUT2D eigenvalue weighted by Gasteiger charge is 2.71. The molecule has 3 heteroatoms. The van der Waals surface area contributed by atoms with Gasteiger partial charge in [0.1, 0.15) is 0 Å². The molecule has 1 heterocycles. The second kappa shape index (κ2) is 1.78. The van der Waals surface area contributed by atoms with Gasteiger partial charge in [-0.3, -0.25) is 4.79 Å². The molecule has 0 bridgehead atoms. The van der Waals surface area contributed by atoms with Crippen molar-refractivity contribution in [3.05, 3.63) is 0 Å². The fraction of sp³-hybridized carbons (Fsp3) is 0.875. The van der Waals surface area contributed by atoms with Crippen LogP contribution >= 0.6 is 0 Å². The molecule has 2 rings (SSSR count). The SMILES string of the molecule is COC(=O)C1(C)CC12CNC2. The lowest BCUT2D eigenvalue weighted by atomic mass is 9.89. The van der Waals surface area contributed by atoms with E-state index in [1.54, 1.807) is 0 Å². The van der Waals surface area contributed by atoms with Gasteiger partial charge in [0.15, 0.2) is 0 Å². The number of hydrogen-bond donors (Lipinski definition) is 1. The number of methoxy groups -OCH3 is 1. The van der Waals surface area contributed by atoms with Gasteiger partial charge in [-0.15, -0.1) is 0 Å². The van der Waals surface area contributed by atoms with E-state index in [0.29, 0.717) is 0 Å². The van der Waals surface area contributed by atoms with E-state index >= 15 is 0 Å². The van der Waals surface area contributed by atoms with Crippen LogP contribution in [-0.2, 0) is 9.53 Å². The molecule has 1 N–H and O–H groups in total. The van der Waals surface area contributed by atoms with Crippen molar-refractivity contribution < 1.29 is 9.53 Å². The molecule has 0 radical (unpaired) electrons. The highest BCUT2D eigenvalue weighted by Crippen LogP contribution is 2.66. The zero-order chi connectivity index (χ0) is 8.11. The Bertz CT molecular complexity index is 210. The predicted molar refractivity (Wildman–Crippen MR) is 40.0 cm³/mol. The average molecular weight is 155 g/mol. The first-order valence-electron chi connectivity index (χ1n) is 3.94. The van der Waals surface area contributed by atoms with E-state index in [4.69, 9.17) is 4.74 Å². The molecule has 2 fully saturated rings. The van der Waals surface area contributed by atoms with Crippen LogP contribution in [0.15, 0.2) is 0 Å². The zero-order valence-electron chi connectivity index (χ0n) is 6.94. The summed E-state index contributed by atoms with van der Waals surface area (Å²) in [7, 11) is 1.46. The molecule has 11 heavy (non-hydrogen) atoms. The molecule has 2 aliphatic rings. The quantitative estimate of drug-likeness (QED) is 0.548. The first-order valence-corrected chi connectivity index (χ1v) is 3.94. The third kappa shape index (κ3) is 0.644. The Morgan fingerprint density at radius 1 is 1.55 bits per heavy atom. The molecule has 1 saturated heterocycles. The van der Waals surface area contributed by atoms with Crippen molar-refractivity contribution in [1.29, 1.82) is 0 Å². The second-order valence-electron chi connectivity index (χ2n) is 3.88. The summed E-state index contributed by atoms with van der Waals surface area (Å²) >= 11 is 0. The summed E-state index contributed by atoms with van der Waals surface area (Å²) in [5.41, 5.74) is 0.0904. The minimum absolute atomic E-state index is 0.0426. The molecular weight excluding hydrogens is 142 g/mol. The van der Waals surface area contributed by atoms with Crippen LogP contribution in [0.25, 0.3) is 0 Å². The maximum Gasteiger partial charge on any atom is 0.312 e. The van der Waals surface area contributed by atoms with E-state index in [2.05, 4.69) is 5.32 Å². The molecule has 1 unspecified atom stereocenters. The molecule has 3 nitrogen and oxygen atoms in total. The van der Waals surface area contributed by atoms with Crippen LogP contribution in [0.1, 0.15) is 13.3 Å². The van der Waals surface area contributed by atoms with Gasteiger partial charge in [-0.05, 0) is 13.3 Å². The highest BCUT2D eigenvalue weighted by atomic mass is 16.5. The predicted octanol–water partition coefficient (Wildman–Crippen LogP) is 0.159. The summed E-state index contributed by atoms with van der Waals surface area (Å²) in [5, 5.41) is 3.19. The van der Waals surface area contributed by atoms with Gasteiger partial charge in [0.05, 0.1) is 12.5 Å². The lowest BCUT2D eigenvalue weighted by Crippen LogP contribution is -2.48. The minimum atomic E-state index is -0.174. The van der Waals surface area contributed by atoms with Crippen LogP contribution in [0.2, 0.25) is 0 Å². The standard InChI is InChI=1S/C8H13NO2/c1-7(6(10)11-2)3-8(7)4-9-5-8/h9H,3-5H2,1-2H3. The molecule has 0 aromatic carbocycles. The molecular formula is C8H13NO2. The largest absolute Gasteiger partial charge is 0.469 e. The Balaban J connectivity index is 2.10. The van der Waals surface area contributed by atoms with Crippen LogP contribution in [0.4, 0.5) is 0 Å². The lowest BCUT2D eigenvalue weighted by molar-refractivity contribution is -0.148. The topological polar surface area (TPSA) is 38.3 Å². The Kier molecular flexibility index (Phi) is 1.15. The molecule has 0 aromatic heterocycles. The molecule has 1 atom stereocenters. The minimum Gasteiger partial charge on any atom is -0.469 e. The van der Waals surface area contributed by atoms with Crippen LogP contribution in [0.3, 0.4) is 0 Å². The fourth-order valence-corrected chi connectivity index (χ4v) is 2.09. The smallest absolute Gasteiger partial charge is 0.312 e. The first kappa shape index (κ1) is 7.10. The summed E-state index contributed by atoms with van der Waals surface area (Å²) in [6.07, 6.45) is 1.000. The van der Waals surface area contributed by atoms with Crippen LogP contribution in [-0.4, -0.2) is 26.2 Å². The van der Waals surface area contributed by atoms with E-state index in [1.165, 1.54) is 7.11 Å². The summed E-state index contributed by atoms with van der Waals surface area (Å²) in [6.45, 7) is 3.97. The molecule has 1 aliphatic carbocycles. The van der Waals surface area contributed by atoms with Gasteiger partial charge in [0, 0.05) is 18.5 Å². The molecule has 1 spiro atoms. The molecule has 0 aromatic rings. The van der Waals surface area contributed by atoms with E-state index in [-0.39, 0.29) is 16.8 Å². The fourth-order valence-electron chi connectivity index (χ4n) is 2.09. The van der Waals surface area contributed by atoms with Crippen LogP contribution < -0.4 is 5.32 Å². The Morgan fingerprint density at radius 2 is 2.18 bits per heavy atom. The Hall–Kier alpha value is -0.570. The van der Waals surface area contributed by atoms with Crippen LogP contribution in [0, 0.1) is 10.8 Å². The third-order valence-electron chi connectivity index (χ3n) is 3.30. The number of carbonyl (C=O) groups is 1. The number of rotatable bonds is 1. The molecule has 0 amide bonds. The van der Waals surface area contributed by atoms with Crippen LogP contribution in [0.5, 0.6) is 0 Å². The maximum absolute atomic E-state index is 11.3. The summed E-state index contributed by atoms with van der Waals surface area (Å²) < 4.78 is 4.74. The monoisotopic (exact) mass is 155 g/mol. The molecule has 1 aliphatic heterocycles. The lowest BCUT2D eigenvalue weighted by Gasteiger charge is -2.31. The number of hydrogen-bond acceptors (Lipinski definition) is 3. The van der Waals surface area contributed by atoms with Crippen molar-refractivity contribution in [2.45, 2.75) is 13.3 Å². The van der Waals surface area contributed by atoms with Crippen molar-refractivity contribution in [3.63, 3.8) is 0 Å². The van der Waals surface area contributed by atoms with E-state index in [9.17, 15) is 4.79 Å². The normalized spacial score (nSPS) is 38.0. The van der Waals surface area contributed by atoms with Crippen molar-refractivity contribution in [2.75, 3.05) is 20.2 Å². The Labute approximate surface area is 66.1 Å². The van der Waals surface area contributed by atoms with E-state index in [1.807, 2.05) is 6.92 Å². The number of nitrogens with one attached hydrogen (secondary N) is 1. The first-order chi connectivity index (χ1) is 5.15. The number of carbonyl (C=O) groups excluding carboxylic acids is 1. The zero-order valence-corrected chi connectivity index (χ0v) is 6.94. The van der Waals surface area contributed by atoms with Gasteiger partial charge in [-0.1, -0.05) is 0 Å². The van der Waals surface area contributed by atoms with Crippen molar-refractivity contribution in [2.24, 2.45) is 10.8 Å². The summed E-state index contributed by atoms with van der Waals surface area (Å²) in [5.74, 6) is -0.0426. The number of esters is 1. The van der Waals surface area contributed by atoms with Gasteiger partial charge in [0.2, 0.25) is 0 Å². The van der Waals surface area contributed by atoms with E-state index in [0.717, 1.165) is 19.5 Å². The number of ether oxygens (including phenoxy) is 1. The highest BCUT2D eigenvalue weighted by molar-refractivity contribution is 5.82. The van der Waals surface area contributed by atoms with Crippen molar-refractivity contribution >= 4 is 5.97 Å².